The molecule has 2 N–H and O–H groups in total. The maximum Gasteiger partial charge on any atom is 0.0110 e. The average molecular weight is 235 g/mol. The molecular weight excluding hydrogens is 210 g/mol. The SMILES string of the molecule is CN1CCN(CC(CN)C2C=CC=CC2)CC1. The molecule has 0 aromatic carbocycles. The summed E-state index contributed by atoms with van der Waals surface area (Å²) in [7, 11) is 2.20. The molecule has 2 unspecified atom stereocenters. The van der Waals surface area contributed by atoms with Gasteiger partial charge in [0.2, 0.25) is 0 Å². The van der Waals surface area contributed by atoms with Crippen molar-refractivity contribution in [3.05, 3.63) is 24.3 Å². The number of hydrogen-bond acceptors (Lipinski definition) is 3. The Hall–Kier alpha value is -0.640. The fourth-order valence-electron chi connectivity index (χ4n) is 2.70. The average Bonchev–Trinajstić information content (AvgIpc) is 2.39. The molecule has 2 rings (SSSR count). The molecule has 0 saturated carbocycles. The van der Waals surface area contributed by atoms with Gasteiger partial charge in [-0.25, -0.2) is 0 Å². The quantitative estimate of drug-likeness (QED) is 0.787. The Morgan fingerprint density at radius 2 is 2.00 bits per heavy atom. The van der Waals surface area contributed by atoms with Gasteiger partial charge in [-0.05, 0) is 31.8 Å². The lowest BCUT2D eigenvalue weighted by atomic mass is 9.86. The fraction of sp³-hybridized carbons (Fsp3) is 0.714. The Bertz CT molecular complexity index is 277. The molecule has 0 amide bonds. The normalized spacial score (nSPS) is 28.5. The molecule has 0 spiro atoms. The van der Waals surface area contributed by atoms with Gasteiger partial charge >= 0.3 is 0 Å². The summed E-state index contributed by atoms with van der Waals surface area (Å²) in [6.07, 6.45) is 10.1. The molecule has 2 atom stereocenters. The van der Waals surface area contributed by atoms with Crippen LogP contribution in [0.15, 0.2) is 24.3 Å². The zero-order valence-electron chi connectivity index (χ0n) is 10.9. The Kier molecular flexibility index (Phi) is 4.77. The predicted octanol–water partition coefficient (Wildman–Crippen LogP) is 0.941. The number of nitrogens with two attached hydrogens (primary N) is 1. The van der Waals surface area contributed by atoms with Crippen molar-refractivity contribution in [1.29, 1.82) is 0 Å². The lowest BCUT2D eigenvalue weighted by molar-refractivity contribution is 0.127. The van der Waals surface area contributed by atoms with Gasteiger partial charge in [0.05, 0.1) is 0 Å². The number of likely N-dealkylation sites (N-methyl/N-ethyl adjacent to an activating group) is 1. The molecular formula is C14H25N3. The highest BCUT2D eigenvalue weighted by molar-refractivity contribution is 5.12. The summed E-state index contributed by atoms with van der Waals surface area (Å²) in [6, 6.07) is 0. The van der Waals surface area contributed by atoms with Gasteiger partial charge in [0.1, 0.15) is 0 Å². The summed E-state index contributed by atoms with van der Waals surface area (Å²) in [5, 5.41) is 0. The van der Waals surface area contributed by atoms with Crippen LogP contribution in [0, 0.1) is 11.8 Å². The minimum absolute atomic E-state index is 0.611. The topological polar surface area (TPSA) is 32.5 Å². The zero-order valence-corrected chi connectivity index (χ0v) is 10.9. The molecule has 0 aromatic heterocycles. The molecule has 96 valence electrons. The largest absolute Gasteiger partial charge is 0.330 e. The Morgan fingerprint density at radius 3 is 2.59 bits per heavy atom. The van der Waals surface area contributed by atoms with Gasteiger partial charge in [-0.1, -0.05) is 24.3 Å². The van der Waals surface area contributed by atoms with Crippen LogP contribution in [-0.4, -0.2) is 56.1 Å². The number of piperazine rings is 1. The fourth-order valence-corrected chi connectivity index (χ4v) is 2.70. The molecule has 1 saturated heterocycles. The number of allylic oxidation sites excluding steroid dienone is 4. The van der Waals surface area contributed by atoms with Crippen LogP contribution in [0.5, 0.6) is 0 Å². The second kappa shape index (κ2) is 6.34. The van der Waals surface area contributed by atoms with Crippen molar-refractivity contribution >= 4 is 0 Å². The molecule has 1 heterocycles. The summed E-state index contributed by atoms with van der Waals surface area (Å²) in [6.45, 7) is 6.73. The molecule has 17 heavy (non-hydrogen) atoms. The lowest BCUT2D eigenvalue weighted by Crippen LogP contribution is -2.47. The van der Waals surface area contributed by atoms with E-state index in [1.165, 1.54) is 26.2 Å². The van der Waals surface area contributed by atoms with Crippen LogP contribution >= 0.6 is 0 Å². The van der Waals surface area contributed by atoms with E-state index >= 15 is 0 Å². The molecule has 0 bridgehead atoms. The van der Waals surface area contributed by atoms with Crippen LogP contribution < -0.4 is 5.73 Å². The molecule has 0 radical (unpaired) electrons. The van der Waals surface area contributed by atoms with Crippen LogP contribution in [0.25, 0.3) is 0 Å². The first-order chi connectivity index (χ1) is 8.29. The zero-order chi connectivity index (χ0) is 12.1. The van der Waals surface area contributed by atoms with Crippen molar-refractivity contribution in [3.8, 4) is 0 Å². The summed E-state index contributed by atoms with van der Waals surface area (Å²) >= 11 is 0. The highest BCUT2D eigenvalue weighted by Crippen LogP contribution is 2.22. The van der Waals surface area contributed by atoms with Gasteiger partial charge in [-0.15, -0.1) is 0 Å². The molecule has 3 heteroatoms. The van der Waals surface area contributed by atoms with E-state index in [4.69, 9.17) is 5.73 Å². The standard InChI is InChI=1S/C14H25N3/c1-16-7-9-17(10-8-16)12-14(11-15)13-5-3-2-4-6-13/h2-5,13-14H,6-12,15H2,1H3. The Labute approximate surface area is 105 Å². The Morgan fingerprint density at radius 1 is 1.24 bits per heavy atom. The number of nitrogens with zero attached hydrogens (tertiary/aromatic N) is 2. The van der Waals surface area contributed by atoms with E-state index in [-0.39, 0.29) is 0 Å². The summed E-state index contributed by atoms with van der Waals surface area (Å²) in [5.41, 5.74) is 5.95. The lowest BCUT2D eigenvalue weighted by Gasteiger charge is -2.36. The van der Waals surface area contributed by atoms with E-state index in [2.05, 4.69) is 41.2 Å². The molecule has 1 aliphatic carbocycles. The second-order valence-electron chi connectivity index (χ2n) is 5.31. The maximum atomic E-state index is 5.95. The van der Waals surface area contributed by atoms with Crippen molar-refractivity contribution in [1.82, 2.24) is 9.80 Å². The van der Waals surface area contributed by atoms with Crippen LogP contribution in [0.1, 0.15) is 6.42 Å². The monoisotopic (exact) mass is 235 g/mol. The highest BCUT2D eigenvalue weighted by Gasteiger charge is 2.22. The van der Waals surface area contributed by atoms with E-state index in [0.29, 0.717) is 11.8 Å². The van der Waals surface area contributed by atoms with Crippen LogP contribution in [0.3, 0.4) is 0 Å². The van der Waals surface area contributed by atoms with Gasteiger partial charge in [0.25, 0.3) is 0 Å². The summed E-state index contributed by atoms with van der Waals surface area (Å²) < 4.78 is 0. The van der Waals surface area contributed by atoms with Crippen LogP contribution in [0.4, 0.5) is 0 Å². The van der Waals surface area contributed by atoms with Crippen molar-refractivity contribution in [2.24, 2.45) is 17.6 Å². The van der Waals surface area contributed by atoms with Gasteiger partial charge in [-0.2, -0.15) is 0 Å². The first-order valence-corrected chi connectivity index (χ1v) is 6.74. The van der Waals surface area contributed by atoms with Gasteiger partial charge < -0.3 is 15.5 Å². The molecule has 0 aromatic rings. The minimum atomic E-state index is 0.611. The highest BCUT2D eigenvalue weighted by atomic mass is 15.2. The second-order valence-corrected chi connectivity index (χ2v) is 5.31. The third-order valence-corrected chi connectivity index (χ3v) is 4.01. The molecule has 2 aliphatic rings. The van der Waals surface area contributed by atoms with E-state index < -0.39 is 0 Å². The van der Waals surface area contributed by atoms with Crippen LogP contribution in [-0.2, 0) is 0 Å². The van der Waals surface area contributed by atoms with Gasteiger partial charge in [-0.3, -0.25) is 0 Å². The molecule has 1 fully saturated rings. The van der Waals surface area contributed by atoms with E-state index in [1.807, 2.05) is 0 Å². The first kappa shape index (κ1) is 12.8. The third-order valence-electron chi connectivity index (χ3n) is 4.01. The van der Waals surface area contributed by atoms with Gasteiger partial charge in [0, 0.05) is 32.7 Å². The van der Waals surface area contributed by atoms with Crippen molar-refractivity contribution in [2.45, 2.75) is 6.42 Å². The van der Waals surface area contributed by atoms with E-state index in [1.54, 1.807) is 0 Å². The van der Waals surface area contributed by atoms with E-state index in [0.717, 1.165) is 19.5 Å². The number of hydrogen-bond donors (Lipinski definition) is 1. The minimum Gasteiger partial charge on any atom is -0.330 e. The smallest absolute Gasteiger partial charge is 0.0110 e. The van der Waals surface area contributed by atoms with Crippen molar-refractivity contribution < 1.29 is 0 Å². The van der Waals surface area contributed by atoms with E-state index in [9.17, 15) is 0 Å². The molecule has 1 aliphatic heterocycles. The van der Waals surface area contributed by atoms with Crippen molar-refractivity contribution in [3.63, 3.8) is 0 Å². The summed E-state index contributed by atoms with van der Waals surface area (Å²) in [4.78, 5) is 4.97. The third kappa shape index (κ3) is 3.66. The Balaban J connectivity index is 1.82. The van der Waals surface area contributed by atoms with Crippen LogP contribution in [0.2, 0.25) is 0 Å². The predicted molar refractivity (Wildman–Crippen MR) is 72.9 cm³/mol. The maximum absolute atomic E-state index is 5.95. The molecule has 3 nitrogen and oxygen atoms in total. The van der Waals surface area contributed by atoms with Crippen molar-refractivity contribution in [2.75, 3.05) is 46.3 Å². The summed E-state index contributed by atoms with van der Waals surface area (Å²) in [5.74, 6) is 1.25. The van der Waals surface area contributed by atoms with Gasteiger partial charge in [0.15, 0.2) is 0 Å². The number of rotatable bonds is 4. The first-order valence-electron chi connectivity index (χ1n) is 6.74.